The van der Waals surface area contributed by atoms with Gasteiger partial charge in [0.25, 0.3) is 0 Å². The molecule has 16 nitrogen and oxygen atoms in total. The fourth-order valence-corrected chi connectivity index (χ4v) is 9.52. The summed E-state index contributed by atoms with van der Waals surface area (Å²) < 4.78 is 60.6. The molecule has 450 valence electrons. The van der Waals surface area contributed by atoms with Gasteiger partial charge in [-0.2, -0.15) is 0 Å². The van der Waals surface area contributed by atoms with Crippen LogP contribution in [-0.2, 0) is 55.8 Å². The van der Waals surface area contributed by atoms with Crippen molar-refractivity contribution in [3.63, 3.8) is 0 Å². The Balaban J connectivity index is 4.68. The zero-order valence-electron chi connectivity index (χ0n) is 48.1. The van der Waals surface area contributed by atoms with Gasteiger partial charge in [0, 0.05) is 19.3 Å². The van der Waals surface area contributed by atoms with Crippen LogP contribution in [0.4, 0.5) is 0 Å². The molecule has 0 bridgehead atoms. The van der Waals surface area contributed by atoms with Gasteiger partial charge in [0.15, 0.2) is 6.10 Å². The van der Waals surface area contributed by atoms with E-state index >= 15 is 0 Å². The molecule has 0 aromatic carbocycles. The van der Waals surface area contributed by atoms with Gasteiger partial charge in [-0.1, -0.05) is 204 Å². The molecule has 0 radical (unpaired) electrons. The van der Waals surface area contributed by atoms with Gasteiger partial charge in [-0.05, 0) is 77.0 Å². The molecule has 18 heteroatoms. The summed E-state index contributed by atoms with van der Waals surface area (Å²) in [7, 11) is -9.75. The van der Waals surface area contributed by atoms with Gasteiger partial charge >= 0.3 is 33.6 Å². The summed E-state index contributed by atoms with van der Waals surface area (Å²) >= 11 is 0. The number of ether oxygens (including phenoxy) is 3. The van der Waals surface area contributed by atoms with Gasteiger partial charge in [0.1, 0.15) is 25.4 Å². The average Bonchev–Trinajstić information content (AvgIpc) is 3.40. The van der Waals surface area contributed by atoms with Crippen molar-refractivity contribution in [1.29, 1.82) is 0 Å². The van der Waals surface area contributed by atoms with Crippen LogP contribution in [0.3, 0.4) is 0 Å². The van der Waals surface area contributed by atoms with Gasteiger partial charge < -0.3 is 34.2 Å². The lowest BCUT2D eigenvalue weighted by atomic mass is 10.0. The van der Waals surface area contributed by atoms with Crippen molar-refractivity contribution in [3.05, 3.63) is 48.6 Å². The summed E-state index contributed by atoms with van der Waals surface area (Å²) in [6.07, 6.45) is 49.0. The standard InChI is InChI=1S/C59H108O16P2/c1-4-7-10-13-16-19-22-25-26-29-31-33-36-39-42-45-57(62)69-48-54(60)49-71-76(65,66)72-50-55(61)51-73-77(67,68)74-53-56(75-59(64)47-44-41-38-35-32-28-24-21-18-15-12-9-6-3)52-70-58(63)46-43-40-37-34-30-27-23-20-17-14-11-8-5-2/h7,10,16,19-20,23,25-26,54-56,60-61H,4-6,8-9,11-15,17-18,21-22,24,27-53H2,1-3H3,(H,65,66)(H,67,68)/b10-7-,19-16-,23-20-,26-25-. The Labute approximate surface area is 466 Å². The molecule has 5 unspecified atom stereocenters. The van der Waals surface area contributed by atoms with Crippen LogP contribution in [-0.4, -0.2) is 95.9 Å². The topological polar surface area (TPSA) is 231 Å². The zero-order valence-corrected chi connectivity index (χ0v) is 49.9. The number of carbonyl (C=O) groups excluding carboxylic acids is 3. The number of aliphatic hydroxyl groups excluding tert-OH is 2. The number of hydrogen-bond acceptors (Lipinski definition) is 14. The minimum Gasteiger partial charge on any atom is -0.463 e. The smallest absolute Gasteiger partial charge is 0.463 e. The van der Waals surface area contributed by atoms with Crippen LogP contribution in [0.5, 0.6) is 0 Å². The third-order valence-electron chi connectivity index (χ3n) is 12.5. The second-order valence-corrected chi connectivity index (χ2v) is 23.0. The average molecular weight is 1140 g/mol. The molecule has 0 aliphatic rings. The Morgan fingerprint density at radius 2 is 0.688 bits per heavy atom. The second kappa shape index (κ2) is 54.1. The van der Waals surface area contributed by atoms with Crippen molar-refractivity contribution >= 4 is 33.6 Å². The van der Waals surface area contributed by atoms with Crippen LogP contribution >= 0.6 is 15.6 Å². The maximum absolute atomic E-state index is 12.8. The number of aliphatic hydroxyl groups is 2. The molecule has 0 amide bonds. The Morgan fingerprint density at radius 1 is 0.377 bits per heavy atom. The fourth-order valence-electron chi connectivity index (χ4n) is 7.93. The first-order valence-electron chi connectivity index (χ1n) is 29.9. The number of hydrogen-bond donors (Lipinski definition) is 4. The molecule has 0 spiro atoms. The van der Waals surface area contributed by atoms with Crippen LogP contribution in [0.1, 0.15) is 252 Å². The van der Waals surface area contributed by atoms with E-state index in [0.717, 1.165) is 116 Å². The van der Waals surface area contributed by atoms with Crippen molar-refractivity contribution in [2.45, 2.75) is 270 Å². The predicted octanol–water partition coefficient (Wildman–Crippen LogP) is 15.3. The Bertz CT molecular complexity index is 1620. The first-order valence-corrected chi connectivity index (χ1v) is 32.9. The van der Waals surface area contributed by atoms with Crippen LogP contribution < -0.4 is 0 Å². The van der Waals surface area contributed by atoms with E-state index in [1.54, 1.807) is 0 Å². The van der Waals surface area contributed by atoms with Gasteiger partial charge in [0.2, 0.25) is 0 Å². The SMILES string of the molecule is CC/C=C\C/C=C\C/C=C\CCCCCCCC(=O)OCC(O)COP(=O)(O)OCC(O)COP(=O)(O)OCC(COC(=O)CCCCCCC/C=C\CCCCCC)OC(=O)CCCCCCCCCCCCCCC. The molecule has 0 aromatic heterocycles. The monoisotopic (exact) mass is 1130 g/mol. The van der Waals surface area contributed by atoms with E-state index < -0.39 is 91.5 Å². The number of allylic oxidation sites excluding steroid dienone is 8. The van der Waals surface area contributed by atoms with E-state index in [1.165, 1.54) is 77.0 Å². The van der Waals surface area contributed by atoms with Crippen molar-refractivity contribution in [1.82, 2.24) is 0 Å². The summed E-state index contributed by atoms with van der Waals surface area (Å²) in [5, 5.41) is 20.4. The van der Waals surface area contributed by atoms with Crippen molar-refractivity contribution in [2.24, 2.45) is 0 Å². The van der Waals surface area contributed by atoms with Crippen LogP contribution in [0.25, 0.3) is 0 Å². The molecule has 0 aliphatic carbocycles. The predicted molar refractivity (Wildman–Crippen MR) is 307 cm³/mol. The van der Waals surface area contributed by atoms with Gasteiger partial charge in [-0.25, -0.2) is 9.13 Å². The van der Waals surface area contributed by atoms with E-state index in [-0.39, 0.29) is 19.3 Å². The van der Waals surface area contributed by atoms with E-state index in [1.807, 2.05) is 0 Å². The van der Waals surface area contributed by atoms with Crippen molar-refractivity contribution < 1.29 is 75.8 Å². The highest BCUT2D eigenvalue weighted by atomic mass is 31.2. The third-order valence-corrected chi connectivity index (χ3v) is 14.4. The largest absolute Gasteiger partial charge is 0.472 e. The Kier molecular flexibility index (Phi) is 52.4. The first-order chi connectivity index (χ1) is 37.2. The number of phosphoric ester groups is 2. The highest BCUT2D eigenvalue weighted by molar-refractivity contribution is 7.47. The van der Waals surface area contributed by atoms with E-state index in [9.17, 15) is 43.5 Å². The Morgan fingerprint density at radius 3 is 1.12 bits per heavy atom. The summed E-state index contributed by atoms with van der Waals surface area (Å²) in [4.78, 5) is 58.0. The molecule has 5 atom stereocenters. The van der Waals surface area contributed by atoms with E-state index in [0.29, 0.717) is 19.3 Å². The van der Waals surface area contributed by atoms with E-state index in [2.05, 4.69) is 69.4 Å². The summed E-state index contributed by atoms with van der Waals surface area (Å²) in [6, 6.07) is 0. The molecule has 0 fully saturated rings. The number of esters is 3. The molecule has 0 aromatic rings. The highest BCUT2D eigenvalue weighted by Crippen LogP contribution is 2.45. The molecule has 0 saturated heterocycles. The maximum Gasteiger partial charge on any atom is 0.472 e. The molecule has 0 saturated carbocycles. The summed E-state index contributed by atoms with van der Waals surface area (Å²) in [5.41, 5.74) is 0. The third kappa shape index (κ3) is 55.2. The van der Waals surface area contributed by atoms with Crippen LogP contribution in [0, 0.1) is 0 Å². The zero-order chi connectivity index (χ0) is 56.8. The van der Waals surface area contributed by atoms with Gasteiger partial charge in [0.05, 0.1) is 26.4 Å². The van der Waals surface area contributed by atoms with Gasteiger partial charge in [-0.3, -0.25) is 32.5 Å². The Hall–Kier alpha value is -2.49. The molecular formula is C59H108O16P2. The molecule has 0 heterocycles. The van der Waals surface area contributed by atoms with E-state index in [4.69, 9.17) is 32.3 Å². The molecular weight excluding hydrogens is 1030 g/mol. The van der Waals surface area contributed by atoms with Crippen LogP contribution in [0.15, 0.2) is 48.6 Å². The van der Waals surface area contributed by atoms with Crippen LogP contribution in [0.2, 0.25) is 0 Å². The molecule has 0 aliphatic heterocycles. The molecule has 4 N–H and O–H groups in total. The van der Waals surface area contributed by atoms with Gasteiger partial charge in [-0.15, -0.1) is 0 Å². The lowest BCUT2D eigenvalue weighted by molar-refractivity contribution is -0.161. The normalized spacial score (nSPS) is 14.8. The summed E-state index contributed by atoms with van der Waals surface area (Å²) in [6.45, 7) is 2.51. The fraction of sp³-hybridized carbons (Fsp3) is 0.814. The quantitative estimate of drug-likeness (QED) is 0.0146. The lowest BCUT2D eigenvalue weighted by Crippen LogP contribution is -2.30. The second-order valence-electron chi connectivity index (χ2n) is 20.1. The number of phosphoric acid groups is 2. The number of rotatable bonds is 57. The minimum atomic E-state index is -4.91. The number of carbonyl (C=O) groups is 3. The highest BCUT2D eigenvalue weighted by Gasteiger charge is 2.29. The summed E-state index contributed by atoms with van der Waals surface area (Å²) in [5.74, 6) is -1.59. The number of unbranched alkanes of at least 4 members (excludes halogenated alkanes) is 26. The molecule has 77 heavy (non-hydrogen) atoms. The van der Waals surface area contributed by atoms with Crippen molar-refractivity contribution in [2.75, 3.05) is 39.6 Å². The molecule has 0 rings (SSSR count). The minimum absolute atomic E-state index is 0.109. The van der Waals surface area contributed by atoms with Crippen molar-refractivity contribution in [3.8, 4) is 0 Å². The lowest BCUT2D eigenvalue weighted by Gasteiger charge is -2.21. The first kappa shape index (κ1) is 74.5. The maximum atomic E-state index is 12.8.